The third-order valence-electron chi connectivity index (χ3n) is 6.56. The van der Waals surface area contributed by atoms with Crippen LogP contribution in [0.2, 0.25) is 0 Å². The van der Waals surface area contributed by atoms with E-state index in [1.807, 2.05) is 42.7 Å². The van der Waals surface area contributed by atoms with Crippen LogP contribution >= 0.6 is 0 Å². The van der Waals surface area contributed by atoms with Crippen LogP contribution in [0.5, 0.6) is 11.5 Å². The van der Waals surface area contributed by atoms with Crippen molar-refractivity contribution in [3.05, 3.63) is 122 Å². The van der Waals surface area contributed by atoms with Crippen LogP contribution in [0, 0.1) is 0 Å². The van der Waals surface area contributed by atoms with E-state index in [1.165, 1.54) is 0 Å². The molecule has 0 aliphatic heterocycles. The highest BCUT2D eigenvalue weighted by atomic mass is 16.5. The predicted molar refractivity (Wildman–Crippen MR) is 144 cm³/mol. The highest BCUT2D eigenvalue weighted by Crippen LogP contribution is 2.46. The lowest BCUT2D eigenvalue weighted by Crippen LogP contribution is -1.95. The lowest BCUT2D eigenvalue weighted by atomic mass is 9.92. The largest absolute Gasteiger partial charge is 0.456 e. The number of hydrogen-bond donors (Lipinski definition) is 0. The first-order valence-corrected chi connectivity index (χ1v) is 11.7. The molecule has 0 spiro atoms. The third kappa shape index (κ3) is 3.21. The van der Waals surface area contributed by atoms with Crippen molar-refractivity contribution >= 4 is 43.4 Å². The number of rotatable bonds is 3. The minimum atomic E-state index is 0.753. The number of benzene rings is 5. The van der Waals surface area contributed by atoms with E-state index in [9.17, 15) is 0 Å². The fraction of sp³-hybridized carbons (Fsp3) is 0. The molecule has 0 amide bonds. The summed E-state index contributed by atoms with van der Waals surface area (Å²) in [5.74, 6) is 1.57. The van der Waals surface area contributed by atoms with Gasteiger partial charge in [0.2, 0.25) is 0 Å². The Balaban J connectivity index is 1.61. The summed E-state index contributed by atoms with van der Waals surface area (Å²) in [4.78, 5) is 9.52. The average molecular weight is 449 g/mol. The van der Waals surface area contributed by atoms with Crippen LogP contribution in [-0.2, 0) is 0 Å². The smallest absolute Gasteiger partial charge is 0.145 e. The summed E-state index contributed by atoms with van der Waals surface area (Å²) >= 11 is 0. The van der Waals surface area contributed by atoms with Crippen LogP contribution in [0.15, 0.2) is 122 Å². The molecule has 0 N–H and O–H groups in total. The summed E-state index contributed by atoms with van der Waals surface area (Å²) in [6.45, 7) is 0. The second kappa shape index (κ2) is 7.93. The molecule has 0 aliphatic carbocycles. The Bertz CT molecular complexity index is 1880. The standard InChI is InChI=1S/C32H20N2O/c1-2-9-22(10-3-1)29-26-14-6-7-15-27(26)32(30-25-13-5-4-11-23(25)20-34-31(29)30)35-24-17-16-21-12-8-18-33-28(21)19-24/h1-20H. The minimum absolute atomic E-state index is 0.753. The molecule has 35 heavy (non-hydrogen) atoms. The summed E-state index contributed by atoms with van der Waals surface area (Å²) in [5.41, 5.74) is 4.09. The van der Waals surface area contributed by atoms with E-state index in [-0.39, 0.29) is 0 Å². The normalized spacial score (nSPS) is 11.4. The zero-order chi connectivity index (χ0) is 23.2. The van der Waals surface area contributed by atoms with Crippen LogP contribution in [0.3, 0.4) is 0 Å². The van der Waals surface area contributed by atoms with E-state index in [2.05, 4.69) is 83.8 Å². The third-order valence-corrected chi connectivity index (χ3v) is 6.56. The van der Waals surface area contributed by atoms with Crippen LogP contribution in [0.4, 0.5) is 0 Å². The van der Waals surface area contributed by atoms with Gasteiger partial charge in [-0.2, -0.15) is 0 Å². The summed E-state index contributed by atoms with van der Waals surface area (Å²) < 4.78 is 6.73. The fourth-order valence-electron chi connectivity index (χ4n) is 4.97. The molecule has 2 aromatic heterocycles. The summed E-state index contributed by atoms with van der Waals surface area (Å²) in [5, 5.41) is 6.47. The summed E-state index contributed by atoms with van der Waals surface area (Å²) in [6, 6.07) is 37.4. The number of hydrogen-bond acceptors (Lipinski definition) is 3. The van der Waals surface area contributed by atoms with Crippen LogP contribution < -0.4 is 4.74 Å². The Morgan fingerprint density at radius 3 is 2.20 bits per heavy atom. The van der Waals surface area contributed by atoms with Crippen molar-refractivity contribution in [2.45, 2.75) is 0 Å². The molecule has 0 atom stereocenters. The van der Waals surface area contributed by atoms with Gasteiger partial charge < -0.3 is 4.74 Å². The van der Waals surface area contributed by atoms with Crippen LogP contribution in [0.1, 0.15) is 0 Å². The topological polar surface area (TPSA) is 35.0 Å². The van der Waals surface area contributed by atoms with E-state index in [0.29, 0.717) is 0 Å². The molecular weight excluding hydrogens is 428 g/mol. The van der Waals surface area contributed by atoms with Gasteiger partial charge >= 0.3 is 0 Å². The molecule has 0 aliphatic rings. The number of nitrogens with zero attached hydrogens (tertiary/aromatic N) is 2. The molecule has 7 aromatic rings. The number of fused-ring (bicyclic) bond motifs is 5. The van der Waals surface area contributed by atoms with Gasteiger partial charge in [-0.15, -0.1) is 0 Å². The molecule has 5 aromatic carbocycles. The zero-order valence-electron chi connectivity index (χ0n) is 18.8. The molecule has 7 rings (SSSR count). The maximum absolute atomic E-state index is 6.73. The molecule has 3 nitrogen and oxygen atoms in total. The first-order valence-electron chi connectivity index (χ1n) is 11.7. The number of ether oxygens (including phenoxy) is 1. The van der Waals surface area contributed by atoms with E-state index in [4.69, 9.17) is 9.72 Å². The predicted octanol–water partition coefficient (Wildman–Crippen LogP) is 8.55. The van der Waals surface area contributed by atoms with Crippen molar-refractivity contribution in [1.82, 2.24) is 9.97 Å². The van der Waals surface area contributed by atoms with E-state index >= 15 is 0 Å². The van der Waals surface area contributed by atoms with Crippen LogP contribution in [0.25, 0.3) is 54.5 Å². The first kappa shape index (κ1) is 19.7. The van der Waals surface area contributed by atoms with Crippen molar-refractivity contribution < 1.29 is 4.74 Å². The highest BCUT2D eigenvalue weighted by Gasteiger charge is 2.20. The highest BCUT2D eigenvalue weighted by molar-refractivity contribution is 6.22. The van der Waals surface area contributed by atoms with Gasteiger partial charge in [0.05, 0.1) is 16.4 Å². The number of pyridine rings is 2. The molecule has 164 valence electrons. The molecule has 0 radical (unpaired) electrons. The second-order valence-corrected chi connectivity index (χ2v) is 8.64. The summed E-state index contributed by atoms with van der Waals surface area (Å²) in [7, 11) is 0. The van der Waals surface area contributed by atoms with Gasteiger partial charge in [-0.1, -0.05) is 84.9 Å². The number of aromatic nitrogens is 2. The van der Waals surface area contributed by atoms with Crippen molar-refractivity contribution in [1.29, 1.82) is 0 Å². The average Bonchev–Trinajstić information content (AvgIpc) is 2.93. The van der Waals surface area contributed by atoms with Gasteiger partial charge in [-0.25, -0.2) is 0 Å². The van der Waals surface area contributed by atoms with Crippen molar-refractivity contribution in [3.63, 3.8) is 0 Å². The lowest BCUT2D eigenvalue weighted by molar-refractivity contribution is 0.495. The van der Waals surface area contributed by atoms with Crippen molar-refractivity contribution in [2.75, 3.05) is 0 Å². The quantitative estimate of drug-likeness (QED) is 0.201. The van der Waals surface area contributed by atoms with Crippen molar-refractivity contribution in [3.8, 4) is 22.6 Å². The van der Waals surface area contributed by atoms with Crippen LogP contribution in [-0.4, -0.2) is 9.97 Å². The SMILES string of the molecule is c1ccc(-c2c3ccccc3c(Oc3ccc4cccnc4c3)c3c2ncc2ccccc23)cc1. The van der Waals surface area contributed by atoms with Crippen molar-refractivity contribution in [2.24, 2.45) is 0 Å². The molecule has 2 heterocycles. The van der Waals surface area contributed by atoms with Gasteiger partial charge in [0, 0.05) is 40.2 Å². The molecule has 0 unspecified atom stereocenters. The molecule has 0 fully saturated rings. The minimum Gasteiger partial charge on any atom is -0.456 e. The maximum Gasteiger partial charge on any atom is 0.145 e. The van der Waals surface area contributed by atoms with Gasteiger partial charge in [0.25, 0.3) is 0 Å². The van der Waals surface area contributed by atoms with Gasteiger partial charge in [-0.05, 0) is 34.5 Å². The molecule has 0 saturated carbocycles. The Morgan fingerprint density at radius 1 is 0.571 bits per heavy atom. The molecule has 0 saturated heterocycles. The molecular formula is C32H20N2O. The Labute approximate surface area is 202 Å². The van der Waals surface area contributed by atoms with Gasteiger partial charge in [0.15, 0.2) is 0 Å². The van der Waals surface area contributed by atoms with Gasteiger partial charge in [0.1, 0.15) is 11.5 Å². The fourth-order valence-corrected chi connectivity index (χ4v) is 4.97. The zero-order valence-corrected chi connectivity index (χ0v) is 18.8. The van der Waals surface area contributed by atoms with E-state index < -0.39 is 0 Å². The van der Waals surface area contributed by atoms with E-state index in [1.54, 1.807) is 0 Å². The first-order chi connectivity index (χ1) is 17.4. The van der Waals surface area contributed by atoms with E-state index in [0.717, 1.165) is 66.0 Å². The Kier molecular flexibility index (Phi) is 4.46. The Hall–Kier alpha value is -4.76. The Morgan fingerprint density at radius 2 is 1.31 bits per heavy atom. The monoisotopic (exact) mass is 448 g/mol. The summed E-state index contributed by atoms with van der Waals surface area (Å²) in [6.07, 6.45) is 3.77. The maximum atomic E-state index is 6.73. The molecule has 3 heteroatoms. The molecule has 0 bridgehead atoms. The second-order valence-electron chi connectivity index (χ2n) is 8.64. The lowest BCUT2D eigenvalue weighted by Gasteiger charge is -2.18. The van der Waals surface area contributed by atoms with Gasteiger partial charge in [-0.3, -0.25) is 9.97 Å².